The Balaban J connectivity index is 1.54. The lowest BCUT2D eigenvalue weighted by Crippen LogP contribution is -2.50. The Bertz CT molecular complexity index is 1020. The number of carbonyl (C=O) groups is 1. The van der Waals surface area contributed by atoms with Gasteiger partial charge >= 0.3 is 6.09 Å². The normalized spacial score (nSPS) is 18.6. The molecule has 2 aliphatic rings. The number of halogens is 2. The van der Waals surface area contributed by atoms with Crippen molar-refractivity contribution in [1.29, 1.82) is 0 Å². The third-order valence-electron chi connectivity index (χ3n) is 5.09. The number of hydrogen-bond donors (Lipinski definition) is 0. The van der Waals surface area contributed by atoms with Gasteiger partial charge in [-0.3, -0.25) is 4.90 Å². The minimum atomic E-state index is -3.67. The summed E-state index contributed by atoms with van der Waals surface area (Å²) in [6, 6.07) is 12.0. The summed E-state index contributed by atoms with van der Waals surface area (Å²) in [5.74, 6) is 0. The Hall–Kier alpha value is -1.61. The number of carbonyl (C=O) groups excluding carboxylic acids is 1. The maximum atomic E-state index is 12.9. The molecule has 0 spiro atoms. The SMILES string of the molecule is O=C1OCc2cc(Br)ccc2N1C1CCN(S(=O)(=O)c2ccccc2Cl)CC1. The summed E-state index contributed by atoms with van der Waals surface area (Å²) in [6.45, 7) is 0.867. The summed E-state index contributed by atoms with van der Waals surface area (Å²) in [6.07, 6.45) is 0.657. The van der Waals surface area contributed by atoms with Crippen molar-refractivity contribution in [2.75, 3.05) is 18.0 Å². The van der Waals surface area contributed by atoms with Crippen molar-refractivity contribution in [3.8, 4) is 0 Å². The number of amides is 1. The van der Waals surface area contributed by atoms with Crippen molar-refractivity contribution >= 4 is 49.3 Å². The summed E-state index contributed by atoms with van der Waals surface area (Å²) in [4.78, 5) is 14.2. The fraction of sp³-hybridized carbons (Fsp3) is 0.316. The minimum absolute atomic E-state index is 0.114. The molecule has 0 saturated carbocycles. The van der Waals surface area contributed by atoms with E-state index in [0.717, 1.165) is 15.7 Å². The molecule has 28 heavy (non-hydrogen) atoms. The van der Waals surface area contributed by atoms with Crippen LogP contribution in [0.5, 0.6) is 0 Å². The molecule has 0 atom stereocenters. The molecule has 0 bridgehead atoms. The quantitative estimate of drug-likeness (QED) is 0.646. The van der Waals surface area contributed by atoms with Crippen LogP contribution in [0.1, 0.15) is 18.4 Å². The fourth-order valence-corrected chi connectivity index (χ4v) is 6.06. The summed E-state index contributed by atoms with van der Waals surface area (Å²) in [7, 11) is -3.67. The molecule has 1 fully saturated rings. The molecule has 148 valence electrons. The van der Waals surface area contributed by atoms with E-state index in [0.29, 0.717) is 25.9 Å². The van der Waals surface area contributed by atoms with E-state index < -0.39 is 10.0 Å². The van der Waals surface area contributed by atoms with Crippen LogP contribution in [-0.4, -0.2) is 37.9 Å². The van der Waals surface area contributed by atoms with Crippen molar-refractivity contribution in [2.24, 2.45) is 0 Å². The number of sulfonamides is 1. The average Bonchev–Trinajstić information content (AvgIpc) is 2.68. The number of anilines is 1. The third-order valence-corrected chi connectivity index (χ3v) is 7.98. The van der Waals surface area contributed by atoms with Crippen LogP contribution in [0.25, 0.3) is 0 Å². The van der Waals surface area contributed by atoms with Gasteiger partial charge in [-0.15, -0.1) is 0 Å². The molecule has 4 rings (SSSR count). The van der Waals surface area contributed by atoms with Gasteiger partial charge in [0.15, 0.2) is 0 Å². The molecule has 6 nitrogen and oxygen atoms in total. The molecule has 0 unspecified atom stereocenters. The zero-order valence-electron chi connectivity index (χ0n) is 14.8. The highest BCUT2D eigenvalue weighted by molar-refractivity contribution is 9.10. The molecule has 1 saturated heterocycles. The van der Waals surface area contributed by atoms with E-state index in [1.54, 1.807) is 23.1 Å². The van der Waals surface area contributed by atoms with E-state index in [2.05, 4.69) is 15.9 Å². The predicted octanol–water partition coefficient (Wildman–Crippen LogP) is 4.41. The zero-order valence-corrected chi connectivity index (χ0v) is 18.0. The van der Waals surface area contributed by atoms with E-state index in [1.807, 2.05) is 18.2 Å². The Labute approximate surface area is 177 Å². The molecule has 0 radical (unpaired) electrons. The molecule has 1 amide bonds. The minimum Gasteiger partial charge on any atom is -0.444 e. The summed E-state index contributed by atoms with van der Waals surface area (Å²) in [5.41, 5.74) is 1.76. The first-order valence-electron chi connectivity index (χ1n) is 8.87. The van der Waals surface area contributed by atoms with Gasteiger partial charge in [0.2, 0.25) is 10.0 Å². The van der Waals surface area contributed by atoms with Crippen LogP contribution >= 0.6 is 27.5 Å². The number of benzene rings is 2. The second kappa shape index (κ2) is 7.67. The number of piperidine rings is 1. The van der Waals surface area contributed by atoms with Crippen LogP contribution < -0.4 is 4.90 Å². The van der Waals surface area contributed by atoms with Crippen LogP contribution in [0.2, 0.25) is 5.02 Å². The van der Waals surface area contributed by atoms with Gasteiger partial charge in [-0.1, -0.05) is 39.7 Å². The summed E-state index contributed by atoms with van der Waals surface area (Å²) < 4.78 is 33.5. The maximum absolute atomic E-state index is 12.9. The van der Waals surface area contributed by atoms with Gasteiger partial charge < -0.3 is 4.74 Å². The largest absolute Gasteiger partial charge is 0.444 e. The Morgan fingerprint density at radius 2 is 1.82 bits per heavy atom. The highest BCUT2D eigenvalue weighted by atomic mass is 79.9. The lowest BCUT2D eigenvalue weighted by molar-refractivity contribution is 0.135. The lowest BCUT2D eigenvalue weighted by atomic mass is 10.0. The Kier molecular flexibility index (Phi) is 5.39. The molecule has 2 aliphatic heterocycles. The van der Waals surface area contributed by atoms with E-state index in [4.69, 9.17) is 16.3 Å². The average molecular weight is 486 g/mol. The molecule has 2 heterocycles. The number of ether oxygens (including phenoxy) is 1. The maximum Gasteiger partial charge on any atom is 0.414 e. The topological polar surface area (TPSA) is 66.9 Å². The second-order valence-corrected chi connectivity index (χ2v) is 9.99. The summed E-state index contributed by atoms with van der Waals surface area (Å²) in [5, 5.41) is 0.212. The monoisotopic (exact) mass is 484 g/mol. The van der Waals surface area contributed by atoms with E-state index >= 15 is 0 Å². The van der Waals surface area contributed by atoms with Crippen molar-refractivity contribution in [3.05, 3.63) is 57.5 Å². The van der Waals surface area contributed by atoms with Crippen LogP contribution in [0.4, 0.5) is 10.5 Å². The lowest BCUT2D eigenvalue weighted by Gasteiger charge is -2.39. The first-order chi connectivity index (χ1) is 13.4. The molecule has 2 aromatic rings. The molecule has 9 heteroatoms. The van der Waals surface area contributed by atoms with Gasteiger partial charge in [-0.25, -0.2) is 13.2 Å². The van der Waals surface area contributed by atoms with E-state index in [-0.39, 0.29) is 28.7 Å². The number of nitrogens with zero attached hydrogens (tertiary/aromatic N) is 2. The van der Waals surface area contributed by atoms with E-state index in [1.165, 1.54) is 10.4 Å². The molecule has 2 aromatic carbocycles. The smallest absolute Gasteiger partial charge is 0.414 e. The Morgan fingerprint density at radius 1 is 1.11 bits per heavy atom. The van der Waals surface area contributed by atoms with Crippen LogP contribution in [0, 0.1) is 0 Å². The highest BCUT2D eigenvalue weighted by Crippen LogP contribution is 2.35. The van der Waals surface area contributed by atoms with Crippen molar-refractivity contribution in [2.45, 2.75) is 30.4 Å². The third kappa shape index (κ3) is 3.54. The van der Waals surface area contributed by atoms with Gasteiger partial charge in [0.1, 0.15) is 11.5 Å². The van der Waals surface area contributed by atoms with Gasteiger partial charge in [-0.05, 0) is 43.2 Å². The fourth-order valence-electron chi connectivity index (χ4n) is 3.69. The Morgan fingerprint density at radius 3 is 2.54 bits per heavy atom. The van der Waals surface area contributed by atoms with Gasteiger partial charge in [-0.2, -0.15) is 4.31 Å². The van der Waals surface area contributed by atoms with Crippen LogP contribution in [-0.2, 0) is 21.4 Å². The molecule has 0 aromatic heterocycles. The number of cyclic esters (lactones) is 1. The highest BCUT2D eigenvalue weighted by Gasteiger charge is 2.37. The van der Waals surface area contributed by atoms with Crippen LogP contribution in [0.15, 0.2) is 51.8 Å². The first kappa shape index (κ1) is 19.7. The van der Waals surface area contributed by atoms with Gasteiger partial charge in [0.05, 0.1) is 10.7 Å². The second-order valence-electron chi connectivity index (χ2n) is 6.76. The number of fused-ring (bicyclic) bond motifs is 1. The van der Waals surface area contributed by atoms with E-state index in [9.17, 15) is 13.2 Å². The molecular formula is C19H18BrClN2O4S. The molecule has 0 N–H and O–H groups in total. The van der Waals surface area contributed by atoms with Crippen molar-refractivity contribution < 1.29 is 17.9 Å². The standard InChI is InChI=1S/C19H18BrClN2O4S/c20-14-5-6-17-13(11-14)12-27-19(24)23(17)15-7-9-22(10-8-15)28(25,26)18-4-2-1-3-16(18)21/h1-6,11,15H,7-10,12H2. The molecule has 0 aliphatic carbocycles. The van der Waals surface area contributed by atoms with Crippen molar-refractivity contribution in [3.63, 3.8) is 0 Å². The number of hydrogen-bond acceptors (Lipinski definition) is 4. The zero-order chi connectivity index (χ0) is 19.9. The molecular weight excluding hydrogens is 468 g/mol. The van der Waals surface area contributed by atoms with Gasteiger partial charge in [0, 0.05) is 29.2 Å². The first-order valence-corrected chi connectivity index (χ1v) is 11.5. The summed E-state index contributed by atoms with van der Waals surface area (Å²) >= 11 is 9.52. The van der Waals surface area contributed by atoms with Crippen LogP contribution in [0.3, 0.4) is 0 Å². The van der Waals surface area contributed by atoms with Gasteiger partial charge in [0.25, 0.3) is 0 Å². The number of rotatable bonds is 3. The predicted molar refractivity (Wildman–Crippen MR) is 110 cm³/mol. The van der Waals surface area contributed by atoms with Crippen molar-refractivity contribution in [1.82, 2.24) is 4.31 Å².